The second-order valence-corrected chi connectivity index (χ2v) is 3.81. The highest BCUT2D eigenvalue weighted by Gasteiger charge is 2.06. The van der Waals surface area contributed by atoms with Gasteiger partial charge in [-0.3, -0.25) is 0 Å². The number of rotatable bonds is 9. The largest absolute Gasteiger partial charge is 0.411 e. The van der Waals surface area contributed by atoms with Gasteiger partial charge < -0.3 is 10.4 Å². The van der Waals surface area contributed by atoms with E-state index < -0.39 is 0 Å². The van der Waals surface area contributed by atoms with E-state index in [2.05, 4.69) is 10.3 Å². The number of nitrogens with zero attached hydrogens (tertiary/aromatic N) is 3. The molecule has 4 N–H and O–H groups in total. The van der Waals surface area contributed by atoms with E-state index >= 15 is 0 Å². The van der Waals surface area contributed by atoms with Crippen LogP contribution >= 0.6 is 0 Å². The predicted molar refractivity (Wildman–Crippen MR) is 64.5 cm³/mol. The lowest BCUT2D eigenvalue weighted by atomic mass is 10.0. The summed E-state index contributed by atoms with van der Waals surface area (Å²) in [5, 5.41) is 23.7. The van der Waals surface area contributed by atoms with Crippen LogP contribution in [0.2, 0.25) is 0 Å². The number of hydrogen-bond donors (Lipinski definition) is 3. The van der Waals surface area contributed by atoms with E-state index in [1.165, 1.54) is 0 Å². The molecule has 0 bridgehead atoms. The summed E-state index contributed by atoms with van der Waals surface area (Å²) in [4.78, 5) is 10.8. The minimum absolute atomic E-state index is 0.309. The second kappa shape index (κ2) is 9.56. The summed E-state index contributed by atoms with van der Waals surface area (Å²) < 4.78 is 0. The zero-order valence-electron chi connectivity index (χ0n) is 10.2. The molecule has 0 unspecified atom stereocenters. The van der Waals surface area contributed by atoms with Crippen molar-refractivity contribution in [3.63, 3.8) is 0 Å². The summed E-state index contributed by atoms with van der Waals surface area (Å²) in [5.41, 5.74) is 1.18. The Labute approximate surface area is 101 Å². The van der Waals surface area contributed by atoms with Crippen LogP contribution in [0.25, 0.3) is 0 Å². The Hall–Kier alpha value is -1.66. The molecule has 0 radical (unpaired) electrons. The third-order valence-corrected chi connectivity index (χ3v) is 2.44. The second-order valence-electron chi connectivity index (χ2n) is 3.81. The van der Waals surface area contributed by atoms with Gasteiger partial charge >= 0.3 is 0 Å². The first-order valence-electron chi connectivity index (χ1n) is 5.73. The van der Waals surface area contributed by atoms with Gasteiger partial charge in [0.05, 0.1) is 16.3 Å². The number of hydrazine groups is 1. The predicted octanol–water partition coefficient (Wildman–Crippen LogP) is 1.66. The van der Waals surface area contributed by atoms with E-state index in [0.29, 0.717) is 48.5 Å². The Morgan fingerprint density at radius 2 is 1.82 bits per heavy atom. The van der Waals surface area contributed by atoms with Gasteiger partial charge in [-0.2, -0.15) is 5.84 Å². The molecule has 0 aromatic heterocycles. The zero-order valence-corrected chi connectivity index (χ0v) is 10.2. The van der Waals surface area contributed by atoms with E-state index in [-0.39, 0.29) is 0 Å². The lowest BCUT2D eigenvalue weighted by Crippen LogP contribution is -2.17. The molecule has 0 aromatic carbocycles. The van der Waals surface area contributed by atoms with E-state index in [0.717, 1.165) is 12.8 Å². The maximum absolute atomic E-state index is 10.4. The number of hydrogen-bond acceptors (Lipinski definition) is 5. The van der Waals surface area contributed by atoms with Crippen LogP contribution in [-0.2, 0) is 0 Å². The molecular weight excluding hydrogens is 224 g/mol. The van der Waals surface area contributed by atoms with Crippen LogP contribution in [0.1, 0.15) is 45.4 Å². The molecule has 0 aliphatic heterocycles. The molecule has 0 aliphatic rings. The molecule has 0 heterocycles. The van der Waals surface area contributed by atoms with Gasteiger partial charge in [-0.1, -0.05) is 17.2 Å². The molecule has 0 fully saturated rings. The lowest BCUT2D eigenvalue weighted by molar-refractivity contribution is -0.560. The Kier molecular flexibility index (Phi) is 8.62. The van der Waals surface area contributed by atoms with Gasteiger partial charge in [-0.05, 0) is 25.7 Å². The number of nitroso groups, excluding NO2 is 1. The van der Waals surface area contributed by atoms with Crippen molar-refractivity contribution in [3.8, 4) is 0 Å². The molecule has 0 saturated carbocycles. The van der Waals surface area contributed by atoms with Crippen molar-refractivity contribution in [2.75, 3.05) is 6.54 Å². The van der Waals surface area contributed by atoms with Crippen LogP contribution in [0.15, 0.2) is 10.3 Å². The molecule has 0 atom stereocenters. The van der Waals surface area contributed by atoms with Gasteiger partial charge in [0.15, 0.2) is 0 Å². The molecule has 0 spiro atoms. The molecule has 0 aromatic rings. The smallest absolute Gasteiger partial charge is 0.224 e. The summed E-state index contributed by atoms with van der Waals surface area (Å²) in [5.74, 6) is 4.93. The summed E-state index contributed by atoms with van der Waals surface area (Å²) >= 11 is 0. The Morgan fingerprint density at radius 1 is 1.18 bits per heavy atom. The summed E-state index contributed by atoms with van der Waals surface area (Å²) in [6.07, 6.45) is 4.00. The van der Waals surface area contributed by atoms with Gasteiger partial charge in [-0.15, -0.1) is 0 Å². The molecule has 98 valence electrons. The standard InChI is InChI=1S/C10H20N4O3/c1-2-9(12-15)8-10(13-16)6-4-3-5-7-14(11)17/h2-8H2,1H3,(H3-,11,15,16,17)/p+1. The van der Waals surface area contributed by atoms with Crippen LogP contribution in [0.3, 0.4) is 0 Å². The third kappa shape index (κ3) is 8.18. The van der Waals surface area contributed by atoms with Gasteiger partial charge in [0.25, 0.3) is 0 Å². The van der Waals surface area contributed by atoms with Gasteiger partial charge in [-0.25, -0.2) is 0 Å². The number of oxime groups is 2. The number of nitrogens with two attached hydrogens (primary N) is 1. The highest BCUT2D eigenvalue weighted by atomic mass is 16.4. The average molecular weight is 245 g/mol. The van der Waals surface area contributed by atoms with Crippen molar-refractivity contribution in [3.05, 3.63) is 4.91 Å². The Bertz CT molecular complexity index is 289. The topological polar surface area (TPSA) is 111 Å². The van der Waals surface area contributed by atoms with Crippen LogP contribution in [0, 0.1) is 4.91 Å². The molecule has 7 heteroatoms. The average Bonchev–Trinajstić information content (AvgIpc) is 2.32. The maximum atomic E-state index is 10.4. The van der Waals surface area contributed by atoms with Crippen LogP contribution in [0.5, 0.6) is 0 Å². The van der Waals surface area contributed by atoms with Crippen LogP contribution < -0.4 is 5.84 Å². The summed E-state index contributed by atoms with van der Waals surface area (Å²) in [7, 11) is 0. The lowest BCUT2D eigenvalue weighted by Gasteiger charge is -2.04. The first-order chi connectivity index (χ1) is 8.13. The highest BCUT2D eigenvalue weighted by molar-refractivity contribution is 6.03. The molecule has 7 nitrogen and oxygen atoms in total. The molecule has 0 rings (SSSR count). The van der Waals surface area contributed by atoms with Crippen molar-refractivity contribution < 1.29 is 15.3 Å². The summed E-state index contributed by atoms with van der Waals surface area (Å²) in [6, 6.07) is 0. The van der Waals surface area contributed by atoms with E-state index in [1.807, 2.05) is 6.92 Å². The quantitative estimate of drug-likeness (QED) is 0.143. The van der Waals surface area contributed by atoms with Gasteiger partial charge in [0, 0.05) is 12.8 Å². The van der Waals surface area contributed by atoms with E-state index in [9.17, 15) is 4.91 Å². The fourth-order valence-corrected chi connectivity index (χ4v) is 1.41. The molecule has 17 heavy (non-hydrogen) atoms. The first kappa shape index (κ1) is 15.3. The van der Waals surface area contributed by atoms with Crippen LogP contribution in [0.4, 0.5) is 0 Å². The minimum Gasteiger partial charge on any atom is -0.411 e. The minimum atomic E-state index is 0.309. The fraction of sp³-hybridized carbons (Fsp3) is 0.800. The third-order valence-electron chi connectivity index (χ3n) is 2.44. The molecule has 0 amide bonds. The molecule has 0 saturated heterocycles. The Morgan fingerprint density at radius 3 is 2.29 bits per heavy atom. The SMILES string of the molecule is CCC(CC(CCCCC[N+](N)=O)=NO)=NO. The molecule has 0 aliphatic carbocycles. The summed E-state index contributed by atoms with van der Waals surface area (Å²) in [6.45, 7) is 2.18. The zero-order chi connectivity index (χ0) is 13.1. The van der Waals surface area contributed by atoms with Crippen molar-refractivity contribution in [1.82, 2.24) is 0 Å². The van der Waals surface area contributed by atoms with Gasteiger partial charge in [0.1, 0.15) is 4.87 Å². The van der Waals surface area contributed by atoms with Crippen molar-refractivity contribution in [1.29, 1.82) is 0 Å². The maximum Gasteiger partial charge on any atom is 0.224 e. The first-order valence-corrected chi connectivity index (χ1v) is 5.73. The van der Waals surface area contributed by atoms with Crippen molar-refractivity contribution >= 4 is 11.4 Å². The van der Waals surface area contributed by atoms with E-state index in [1.54, 1.807) is 0 Å². The highest BCUT2D eigenvalue weighted by Crippen LogP contribution is 2.06. The van der Waals surface area contributed by atoms with Crippen molar-refractivity contribution in [2.45, 2.75) is 45.4 Å². The normalized spacial score (nSPS) is 12.8. The Balaban J connectivity index is 3.80. The number of unbranched alkanes of at least 4 members (excludes halogenated alkanes) is 2. The monoisotopic (exact) mass is 245 g/mol. The van der Waals surface area contributed by atoms with Crippen LogP contribution in [-0.4, -0.2) is 33.3 Å². The molecular formula is C10H21N4O3+. The van der Waals surface area contributed by atoms with E-state index in [4.69, 9.17) is 16.3 Å². The van der Waals surface area contributed by atoms with Gasteiger partial charge in [0.2, 0.25) is 6.54 Å². The van der Waals surface area contributed by atoms with Crippen molar-refractivity contribution in [2.24, 2.45) is 16.2 Å². The fourth-order valence-electron chi connectivity index (χ4n) is 1.41.